The highest BCUT2D eigenvalue weighted by atomic mass is 35.5. The molecular formula is C18H16ClN3O2S. The largest absolute Gasteiger partial charge is 0.461 e. The van der Waals surface area contributed by atoms with Crippen molar-refractivity contribution < 1.29 is 9.53 Å². The minimum absolute atomic E-state index is 0.260. The summed E-state index contributed by atoms with van der Waals surface area (Å²) in [6.07, 6.45) is 0.936. The number of nitriles is 1. The highest BCUT2D eigenvalue weighted by molar-refractivity contribution is 7.20. The molecule has 5 nitrogen and oxygen atoms in total. The summed E-state index contributed by atoms with van der Waals surface area (Å²) in [5, 5.41) is 14.7. The Hall–Kier alpha value is -2.36. The van der Waals surface area contributed by atoms with Crippen LogP contribution in [0.1, 0.15) is 33.8 Å². The van der Waals surface area contributed by atoms with Gasteiger partial charge in [0.1, 0.15) is 9.71 Å². The van der Waals surface area contributed by atoms with Gasteiger partial charge in [0.2, 0.25) is 0 Å². The average Bonchev–Trinajstić information content (AvgIpc) is 3.15. The monoisotopic (exact) mass is 373 g/mol. The molecule has 3 rings (SSSR count). The van der Waals surface area contributed by atoms with Gasteiger partial charge in [-0.1, -0.05) is 23.7 Å². The van der Waals surface area contributed by atoms with E-state index in [0.717, 1.165) is 21.5 Å². The molecule has 3 aromatic rings. The molecule has 128 valence electrons. The zero-order valence-corrected chi connectivity index (χ0v) is 15.2. The number of aromatic nitrogens is 2. The van der Waals surface area contributed by atoms with Gasteiger partial charge in [-0.2, -0.15) is 10.4 Å². The minimum Gasteiger partial charge on any atom is -0.461 e. The number of esters is 1. The number of thiophene rings is 1. The molecule has 0 unspecified atom stereocenters. The number of benzene rings is 1. The van der Waals surface area contributed by atoms with Crippen LogP contribution in [-0.2, 0) is 11.3 Å². The number of ether oxygens (including phenoxy) is 1. The number of carbonyl (C=O) groups excluding carboxylic acids is 1. The third-order valence-corrected chi connectivity index (χ3v) is 5.10. The first kappa shape index (κ1) is 17.5. The molecule has 0 aliphatic rings. The third kappa shape index (κ3) is 4.01. The van der Waals surface area contributed by atoms with Crippen LogP contribution in [0, 0.1) is 18.3 Å². The summed E-state index contributed by atoms with van der Waals surface area (Å²) in [5.74, 6) is -0.350. The van der Waals surface area contributed by atoms with Gasteiger partial charge in [-0.3, -0.25) is 4.68 Å². The Labute approximate surface area is 154 Å². The maximum Gasteiger partial charge on any atom is 0.348 e. The predicted octanol–water partition coefficient (Wildman–Crippen LogP) is 4.57. The van der Waals surface area contributed by atoms with Crippen LogP contribution in [0.3, 0.4) is 0 Å². The van der Waals surface area contributed by atoms with E-state index in [0.29, 0.717) is 29.3 Å². The summed E-state index contributed by atoms with van der Waals surface area (Å²) in [4.78, 5) is 13.6. The van der Waals surface area contributed by atoms with Gasteiger partial charge < -0.3 is 4.74 Å². The number of aryl methyl sites for hydroxylation is 1. The Morgan fingerprint density at radius 3 is 2.88 bits per heavy atom. The number of nitrogens with zero attached hydrogens (tertiary/aromatic N) is 3. The van der Waals surface area contributed by atoms with Crippen molar-refractivity contribution in [3.8, 4) is 6.07 Å². The molecule has 0 N–H and O–H groups in total. The second-order valence-electron chi connectivity index (χ2n) is 5.60. The molecular weight excluding hydrogens is 358 g/mol. The van der Waals surface area contributed by atoms with E-state index in [2.05, 4.69) is 5.10 Å². The number of hydrogen-bond acceptors (Lipinski definition) is 5. The topological polar surface area (TPSA) is 67.9 Å². The molecule has 0 saturated heterocycles. The van der Waals surface area contributed by atoms with Crippen molar-refractivity contribution in [2.75, 3.05) is 6.61 Å². The SMILES string of the molecule is Cc1nn(Cc2ccc(Cl)cc2)c2sc(C(=O)OCCCC#N)cc12. The van der Waals surface area contributed by atoms with Crippen LogP contribution >= 0.6 is 22.9 Å². The fourth-order valence-corrected chi connectivity index (χ4v) is 3.65. The summed E-state index contributed by atoms with van der Waals surface area (Å²) in [7, 11) is 0. The first-order valence-corrected chi connectivity index (χ1v) is 9.03. The summed E-state index contributed by atoms with van der Waals surface area (Å²) in [6, 6.07) is 11.5. The van der Waals surface area contributed by atoms with Crippen molar-refractivity contribution in [2.45, 2.75) is 26.3 Å². The van der Waals surface area contributed by atoms with Crippen LogP contribution in [0.4, 0.5) is 0 Å². The highest BCUT2D eigenvalue weighted by Crippen LogP contribution is 2.29. The zero-order valence-electron chi connectivity index (χ0n) is 13.7. The van der Waals surface area contributed by atoms with Crippen molar-refractivity contribution in [1.29, 1.82) is 5.26 Å². The van der Waals surface area contributed by atoms with Crippen molar-refractivity contribution in [3.63, 3.8) is 0 Å². The molecule has 0 spiro atoms. The maximum absolute atomic E-state index is 12.2. The molecule has 0 amide bonds. The molecule has 2 aromatic heterocycles. The van der Waals surface area contributed by atoms with Gasteiger partial charge in [-0.15, -0.1) is 11.3 Å². The fraction of sp³-hybridized carbons (Fsp3) is 0.278. The number of unbranched alkanes of at least 4 members (excludes halogenated alkanes) is 1. The lowest BCUT2D eigenvalue weighted by Crippen LogP contribution is -2.04. The zero-order chi connectivity index (χ0) is 17.8. The van der Waals surface area contributed by atoms with Crippen LogP contribution in [0.2, 0.25) is 5.02 Å². The second kappa shape index (κ2) is 7.68. The maximum atomic E-state index is 12.2. The van der Waals surface area contributed by atoms with Gasteiger partial charge in [0.05, 0.1) is 24.9 Å². The van der Waals surface area contributed by atoms with E-state index in [1.54, 1.807) is 0 Å². The predicted molar refractivity (Wildman–Crippen MR) is 98.0 cm³/mol. The number of fused-ring (bicyclic) bond motifs is 1. The summed E-state index contributed by atoms with van der Waals surface area (Å²) in [5.41, 5.74) is 1.96. The molecule has 0 radical (unpaired) electrons. The number of hydrogen-bond donors (Lipinski definition) is 0. The van der Waals surface area contributed by atoms with Crippen molar-refractivity contribution >= 4 is 39.1 Å². The van der Waals surface area contributed by atoms with Gasteiger partial charge in [-0.05, 0) is 37.1 Å². The number of rotatable bonds is 6. The van der Waals surface area contributed by atoms with Crippen molar-refractivity contribution in [1.82, 2.24) is 9.78 Å². The quantitative estimate of drug-likeness (QED) is 0.469. The smallest absolute Gasteiger partial charge is 0.348 e. The molecule has 0 aliphatic carbocycles. The van der Waals surface area contributed by atoms with Gasteiger partial charge in [0, 0.05) is 16.8 Å². The summed E-state index contributed by atoms with van der Waals surface area (Å²) in [6.45, 7) is 2.80. The lowest BCUT2D eigenvalue weighted by Gasteiger charge is -2.03. The molecule has 0 saturated carbocycles. The lowest BCUT2D eigenvalue weighted by molar-refractivity contribution is 0.0507. The van der Waals surface area contributed by atoms with Crippen LogP contribution in [0.15, 0.2) is 30.3 Å². The molecule has 0 bridgehead atoms. The van der Waals surface area contributed by atoms with Gasteiger partial charge >= 0.3 is 5.97 Å². The Morgan fingerprint density at radius 1 is 1.40 bits per heavy atom. The van der Waals surface area contributed by atoms with Gasteiger partial charge in [0.25, 0.3) is 0 Å². The van der Waals surface area contributed by atoms with Crippen molar-refractivity contribution in [3.05, 3.63) is 51.5 Å². The summed E-state index contributed by atoms with van der Waals surface area (Å²) < 4.78 is 7.11. The normalized spacial score (nSPS) is 10.8. The van der Waals surface area contributed by atoms with Crippen LogP contribution in [-0.4, -0.2) is 22.4 Å². The molecule has 2 heterocycles. The average molecular weight is 374 g/mol. The third-order valence-electron chi connectivity index (χ3n) is 3.72. The van der Waals surface area contributed by atoms with E-state index in [9.17, 15) is 4.79 Å². The van der Waals surface area contributed by atoms with E-state index in [1.807, 2.05) is 48.0 Å². The standard InChI is InChI=1S/C18H16ClN3O2S/c1-12-15-10-16(18(23)24-9-3-2-8-20)25-17(15)22(21-12)11-13-4-6-14(19)7-5-13/h4-7,10H,2-3,9,11H2,1H3. The Kier molecular flexibility index (Phi) is 5.37. The van der Waals surface area contributed by atoms with E-state index in [4.69, 9.17) is 21.6 Å². The Bertz CT molecular complexity index is 938. The van der Waals surface area contributed by atoms with Crippen LogP contribution in [0.25, 0.3) is 10.2 Å². The Balaban J connectivity index is 1.79. The first-order valence-electron chi connectivity index (χ1n) is 7.84. The Morgan fingerprint density at radius 2 is 2.16 bits per heavy atom. The molecule has 1 aromatic carbocycles. The van der Waals surface area contributed by atoms with Crippen LogP contribution < -0.4 is 0 Å². The highest BCUT2D eigenvalue weighted by Gasteiger charge is 2.17. The minimum atomic E-state index is -0.350. The van der Waals surface area contributed by atoms with E-state index < -0.39 is 0 Å². The van der Waals surface area contributed by atoms with E-state index >= 15 is 0 Å². The first-order chi connectivity index (χ1) is 12.1. The fourth-order valence-electron chi connectivity index (χ4n) is 2.47. The van der Waals surface area contributed by atoms with E-state index in [-0.39, 0.29) is 12.6 Å². The molecule has 25 heavy (non-hydrogen) atoms. The molecule has 0 atom stereocenters. The van der Waals surface area contributed by atoms with E-state index in [1.165, 1.54) is 11.3 Å². The van der Waals surface area contributed by atoms with Crippen molar-refractivity contribution in [2.24, 2.45) is 0 Å². The lowest BCUT2D eigenvalue weighted by atomic mass is 10.2. The summed E-state index contributed by atoms with van der Waals surface area (Å²) >= 11 is 7.30. The second-order valence-corrected chi connectivity index (χ2v) is 7.06. The molecule has 7 heteroatoms. The van der Waals surface area contributed by atoms with Crippen LogP contribution in [0.5, 0.6) is 0 Å². The van der Waals surface area contributed by atoms with Gasteiger partial charge in [-0.25, -0.2) is 4.79 Å². The molecule has 0 aliphatic heterocycles. The molecule has 0 fully saturated rings. The number of carbonyl (C=O) groups is 1. The van der Waals surface area contributed by atoms with Gasteiger partial charge in [0.15, 0.2) is 0 Å². The number of halogens is 1.